The Bertz CT molecular complexity index is 3250. The van der Waals surface area contributed by atoms with Gasteiger partial charge in [0.25, 0.3) is 11.8 Å². The molecule has 0 radical (unpaired) electrons. The summed E-state index contributed by atoms with van der Waals surface area (Å²) in [6, 6.07) is 42.5. The summed E-state index contributed by atoms with van der Waals surface area (Å²) < 4.78 is 0. The van der Waals surface area contributed by atoms with Gasteiger partial charge in [-0.1, -0.05) is 109 Å². The van der Waals surface area contributed by atoms with E-state index in [1.807, 2.05) is 121 Å². The third-order valence-electron chi connectivity index (χ3n) is 11.6. The topological polar surface area (TPSA) is 286 Å². The standard InChI is InChI=1S/C26H24N6O2.C24H18N4O2.C2H6N2O.ClH/c27-23(33)13-29-12-17-5-3-4-8-20(17)16-9-10-22-21(11-16)24(31-26(28)30-22)25(34)32-14-18-6-1-2-7-19(18)15-32;25-24-26-21-10-9-15(19-8-4-3-7-18(19)14-29)11-20(21)22(27-24)23(30)28-12-16-5-1-2-6-17(16)13-28;3-1-2(4)5;/h1-11,29H,12-15H2,(H2,27,33)(H2,28,30,31);1-11,14H,12-13H2,(H2,25,26,27);1,3H2,(H2,4,5);1H. The third kappa shape index (κ3) is 11.0. The van der Waals surface area contributed by atoms with Gasteiger partial charge in [0.15, 0.2) is 6.29 Å². The van der Waals surface area contributed by atoms with Crippen molar-refractivity contribution in [3.63, 3.8) is 0 Å². The molecule has 0 atom stereocenters. The molecule has 0 saturated heterocycles. The number of benzene rings is 6. The molecule has 0 unspecified atom stereocenters. The summed E-state index contributed by atoms with van der Waals surface area (Å²) in [6.07, 6.45) is 0.826. The molecule has 8 aromatic rings. The second kappa shape index (κ2) is 22.0. The third-order valence-corrected chi connectivity index (χ3v) is 11.6. The first-order valence-corrected chi connectivity index (χ1v) is 21.9. The highest BCUT2D eigenvalue weighted by Crippen LogP contribution is 2.32. The highest BCUT2D eigenvalue weighted by molar-refractivity contribution is 6.07. The van der Waals surface area contributed by atoms with Crippen LogP contribution in [0.2, 0.25) is 0 Å². The number of nitrogens with zero attached hydrogens (tertiary/aromatic N) is 6. The average molecular weight is 957 g/mol. The molecule has 6 aromatic carbocycles. The molecule has 2 aliphatic heterocycles. The zero-order valence-electron chi connectivity index (χ0n) is 37.7. The summed E-state index contributed by atoms with van der Waals surface area (Å²) in [5, 5.41) is 4.31. The maximum absolute atomic E-state index is 13.5. The summed E-state index contributed by atoms with van der Waals surface area (Å²) in [6.45, 7) is 2.66. The smallest absolute Gasteiger partial charge is 0.273 e. The second-order valence-corrected chi connectivity index (χ2v) is 16.3. The number of aldehydes is 1. The summed E-state index contributed by atoms with van der Waals surface area (Å²) in [7, 11) is 0. The van der Waals surface area contributed by atoms with E-state index in [-0.39, 0.29) is 54.9 Å². The van der Waals surface area contributed by atoms with Gasteiger partial charge < -0.3 is 43.8 Å². The van der Waals surface area contributed by atoms with Crippen LogP contribution in [0.5, 0.6) is 0 Å². The van der Waals surface area contributed by atoms with Crippen molar-refractivity contribution in [2.45, 2.75) is 32.7 Å². The van der Waals surface area contributed by atoms with E-state index >= 15 is 0 Å². The van der Waals surface area contributed by atoms with Crippen molar-refractivity contribution >= 4 is 76.0 Å². The van der Waals surface area contributed by atoms with E-state index < -0.39 is 11.8 Å². The van der Waals surface area contributed by atoms with Gasteiger partial charge in [-0.3, -0.25) is 24.0 Å². The lowest BCUT2D eigenvalue weighted by atomic mass is 9.97. The molecule has 0 saturated carbocycles. The number of nitrogens with one attached hydrogen (secondary N) is 1. The SMILES string of the molecule is Cl.NC(=O)CNCc1ccccc1-c1ccc2nc(N)nc(C(=O)N3Cc4ccccc4C3)c2c1.NCC(N)=O.Nc1nc(C(=O)N2Cc3ccccc3C2)c2cc(-c3ccccc3C=O)ccc2n1. The number of nitrogens with two attached hydrogens (primary N) is 5. The molecule has 0 aliphatic carbocycles. The minimum atomic E-state index is -0.468. The van der Waals surface area contributed by atoms with Crippen molar-refractivity contribution in [1.29, 1.82) is 0 Å². The Morgan fingerprint density at radius 1 is 0.557 bits per heavy atom. The molecule has 0 bridgehead atoms. The van der Waals surface area contributed by atoms with Gasteiger partial charge >= 0.3 is 0 Å². The molecule has 10 rings (SSSR count). The molecule has 354 valence electrons. The molecule has 17 nitrogen and oxygen atoms in total. The van der Waals surface area contributed by atoms with Crippen molar-refractivity contribution in [3.05, 3.63) is 178 Å². The first kappa shape index (κ1) is 49.3. The van der Waals surface area contributed by atoms with Crippen molar-refractivity contribution in [2.24, 2.45) is 17.2 Å². The van der Waals surface area contributed by atoms with E-state index in [4.69, 9.17) is 22.9 Å². The Morgan fingerprint density at radius 3 is 1.41 bits per heavy atom. The first-order chi connectivity index (χ1) is 33.4. The van der Waals surface area contributed by atoms with Gasteiger partial charge in [0.05, 0.1) is 24.1 Å². The van der Waals surface area contributed by atoms with Crippen LogP contribution >= 0.6 is 12.4 Å². The maximum Gasteiger partial charge on any atom is 0.273 e. The van der Waals surface area contributed by atoms with E-state index in [0.29, 0.717) is 65.8 Å². The van der Waals surface area contributed by atoms with Crippen molar-refractivity contribution < 1.29 is 24.0 Å². The lowest BCUT2D eigenvalue weighted by molar-refractivity contribution is -0.117. The van der Waals surface area contributed by atoms with Gasteiger partial charge in [-0.25, -0.2) is 19.9 Å². The monoisotopic (exact) mass is 956 g/mol. The zero-order chi connectivity index (χ0) is 48.6. The number of fused-ring (bicyclic) bond motifs is 4. The number of carbonyl (C=O) groups excluding carboxylic acids is 5. The predicted molar refractivity (Wildman–Crippen MR) is 271 cm³/mol. The minimum Gasteiger partial charge on any atom is -0.369 e. The Labute approximate surface area is 408 Å². The summed E-state index contributed by atoms with van der Waals surface area (Å²) >= 11 is 0. The van der Waals surface area contributed by atoms with Crippen LogP contribution in [0, 0.1) is 0 Å². The second-order valence-electron chi connectivity index (χ2n) is 16.3. The first-order valence-electron chi connectivity index (χ1n) is 21.9. The maximum atomic E-state index is 13.5. The van der Waals surface area contributed by atoms with Crippen LogP contribution in [-0.2, 0) is 42.3 Å². The molecular weight excluding hydrogens is 908 g/mol. The number of amides is 4. The van der Waals surface area contributed by atoms with Crippen LogP contribution in [0.25, 0.3) is 44.1 Å². The van der Waals surface area contributed by atoms with Crippen molar-refractivity contribution in [1.82, 2.24) is 35.1 Å². The molecule has 4 heterocycles. The quantitative estimate of drug-likeness (QED) is 0.0949. The van der Waals surface area contributed by atoms with E-state index in [2.05, 4.69) is 31.0 Å². The lowest BCUT2D eigenvalue weighted by Crippen LogP contribution is -2.28. The Balaban J connectivity index is 0.000000187. The minimum absolute atomic E-state index is 0. The average Bonchev–Trinajstić information content (AvgIpc) is 4.01. The molecule has 18 heteroatoms. The van der Waals surface area contributed by atoms with Gasteiger partial charge in [-0.05, 0) is 74.3 Å². The molecule has 4 amide bonds. The number of rotatable bonds is 10. The molecule has 0 fully saturated rings. The molecule has 2 aromatic heterocycles. The van der Waals surface area contributed by atoms with Crippen LogP contribution in [0.15, 0.2) is 133 Å². The van der Waals surface area contributed by atoms with Gasteiger partial charge in [0.2, 0.25) is 23.7 Å². The van der Waals surface area contributed by atoms with Crippen LogP contribution in [0.1, 0.15) is 59.2 Å². The van der Waals surface area contributed by atoms with E-state index in [0.717, 1.165) is 56.4 Å². The number of anilines is 2. The molecule has 70 heavy (non-hydrogen) atoms. The number of nitrogen functional groups attached to an aromatic ring is 2. The van der Waals surface area contributed by atoms with Crippen LogP contribution in [-0.4, -0.2) is 72.7 Å². The van der Waals surface area contributed by atoms with Gasteiger partial charge in [0.1, 0.15) is 11.4 Å². The zero-order valence-corrected chi connectivity index (χ0v) is 38.6. The van der Waals surface area contributed by atoms with Crippen molar-refractivity contribution in [2.75, 3.05) is 24.6 Å². The summed E-state index contributed by atoms with van der Waals surface area (Å²) in [5.74, 6) is -1.12. The number of primary amides is 2. The number of aromatic nitrogens is 4. The number of hydrogen-bond donors (Lipinski definition) is 6. The summed E-state index contributed by atoms with van der Waals surface area (Å²) in [5.41, 5.74) is 37.7. The Morgan fingerprint density at radius 2 is 0.971 bits per heavy atom. The normalized spacial score (nSPS) is 12.1. The fraction of sp³-hybridized carbons (Fsp3) is 0.135. The number of hydrogen-bond acceptors (Lipinski definition) is 13. The van der Waals surface area contributed by atoms with Crippen LogP contribution < -0.4 is 34.0 Å². The lowest BCUT2D eigenvalue weighted by Gasteiger charge is -2.17. The van der Waals surface area contributed by atoms with Crippen LogP contribution in [0.3, 0.4) is 0 Å². The fourth-order valence-corrected chi connectivity index (χ4v) is 8.35. The molecular formula is C52H49ClN12O5. The molecule has 2 aliphatic rings. The Kier molecular flexibility index (Phi) is 15.5. The largest absolute Gasteiger partial charge is 0.369 e. The number of halogens is 1. The van der Waals surface area contributed by atoms with E-state index in [1.165, 1.54) is 0 Å². The molecule has 0 spiro atoms. The van der Waals surface area contributed by atoms with E-state index in [9.17, 15) is 24.0 Å². The number of carbonyl (C=O) groups is 5. The Hall–Kier alpha value is -8.64. The van der Waals surface area contributed by atoms with Gasteiger partial charge in [-0.2, -0.15) is 0 Å². The highest BCUT2D eigenvalue weighted by Gasteiger charge is 2.28. The fourth-order valence-electron chi connectivity index (χ4n) is 8.35. The highest BCUT2D eigenvalue weighted by atomic mass is 35.5. The van der Waals surface area contributed by atoms with Gasteiger partial charge in [0, 0.05) is 49.1 Å². The molecule has 11 N–H and O–H groups in total. The van der Waals surface area contributed by atoms with Crippen LogP contribution in [0.4, 0.5) is 11.9 Å². The predicted octanol–water partition coefficient (Wildman–Crippen LogP) is 5.31. The van der Waals surface area contributed by atoms with Gasteiger partial charge in [-0.15, -0.1) is 12.4 Å². The summed E-state index contributed by atoms with van der Waals surface area (Å²) in [4.78, 5) is 79.7. The van der Waals surface area contributed by atoms with E-state index in [1.54, 1.807) is 21.9 Å². The van der Waals surface area contributed by atoms with Crippen molar-refractivity contribution in [3.8, 4) is 22.3 Å².